The van der Waals surface area contributed by atoms with Crippen LogP contribution in [-0.2, 0) is 16.6 Å². The van der Waals surface area contributed by atoms with Crippen molar-refractivity contribution in [3.63, 3.8) is 0 Å². The van der Waals surface area contributed by atoms with Crippen LogP contribution in [0.1, 0.15) is 23.1 Å². The van der Waals surface area contributed by atoms with E-state index >= 15 is 0 Å². The third-order valence-electron chi connectivity index (χ3n) is 5.83. The Bertz CT molecular complexity index is 810. The molecule has 0 N–H and O–H groups in total. The number of benzene rings is 2. The Balaban J connectivity index is 1.70. The van der Waals surface area contributed by atoms with E-state index in [4.69, 9.17) is 4.74 Å². The highest BCUT2D eigenvalue weighted by Gasteiger charge is 2.44. The summed E-state index contributed by atoms with van der Waals surface area (Å²) in [6, 6.07) is 15.7. The molecule has 0 spiro atoms. The zero-order valence-electron chi connectivity index (χ0n) is 13.2. The molecule has 1 aliphatic heterocycles. The highest BCUT2D eigenvalue weighted by atomic mass is 16.5. The van der Waals surface area contributed by atoms with Crippen molar-refractivity contribution in [2.75, 3.05) is 13.2 Å². The average Bonchev–Trinajstić information content (AvgIpc) is 3.33. The van der Waals surface area contributed by atoms with Crippen molar-refractivity contribution in [3.8, 4) is 11.1 Å². The van der Waals surface area contributed by atoms with Gasteiger partial charge >= 0.3 is 0 Å². The average molecular weight is 300 g/mol. The molecule has 2 aromatic rings. The van der Waals surface area contributed by atoms with Gasteiger partial charge in [0, 0.05) is 17.9 Å². The Morgan fingerprint density at radius 3 is 2.57 bits per heavy atom. The predicted molar refractivity (Wildman–Crippen MR) is 93.6 cm³/mol. The monoisotopic (exact) mass is 300 g/mol. The molecule has 23 heavy (non-hydrogen) atoms. The van der Waals surface area contributed by atoms with Gasteiger partial charge in [-0.25, -0.2) is 0 Å². The molecule has 2 aromatic carbocycles. The van der Waals surface area contributed by atoms with Gasteiger partial charge in [-0.2, -0.15) is 0 Å². The minimum absolute atomic E-state index is 0.108. The van der Waals surface area contributed by atoms with E-state index in [9.17, 15) is 0 Å². The molecule has 1 heterocycles. The van der Waals surface area contributed by atoms with E-state index in [1.54, 1.807) is 0 Å². The standard InChI is InChI=1S/C22H20O/c1-4-9-18-16(6-1)14-20-19(18)10-5-11-21(20)22(12-13-23-15-22)17-7-2-3-8-17/h1-11,17H,12-15H2. The Labute approximate surface area is 137 Å². The second kappa shape index (κ2) is 4.94. The van der Waals surface area contributed by atoms with Gasteiger partial charge in [-0.1, -0.05) is 66.8 Å². The fourth-order valence-electron chi connectivity index (χ4n) is 4.66. The summed E-state index contributed by atoms with van der Waals surface area (Å²) in [5.41, 5.74) is 7.43. The van der Waals surface area contributed by atoms with Gasteiger partial charge in [0.15, 0.2) is 0 Å². The zero-order chi connectivity index (χ0) is 15.3. The first-order chi connectivity index (χ1) is 11.4. The lowest BCUT2D eigenvalue weighted by atomic mass is 9.68. The molecule has 114 valence electrons. The molecule has 1 unspecified atom stereocenters. The molecule has 1 heteroatoms. The maximum atomic E-state index is 5.90. The Morgan fingerprint density at radius 1 is 0.913 bits per heavy atom. The molecule has 0 amide bonds. The van der Waals surface area contributed by atoms with Crippen molar-refractivity contribution in [3.05, 3.63) is 83.5 Å². The molecular weight excluding hydrogens is 280 g/mol. The van der Waals surface area contributed by atoms with Crippen molar-refractivity contribution in [1.29, 1.82) is 0 Å². The van der Waals surface area contributed by atoms with Gasteiger partial charge in [-0.3, -0.25) is 0 Å². The molecule has 0 radical (unpaired) electrons. The van der Waals surface area contributed by atoms with E-state index in [1.807, 2.05) is 0 Å². The lowest BCUT2D eigenvalue weighted by Crippen LogP contribution is -2.34. The van der Waals surface area contributed by atoms with Crippen molar-refractivity contribution in [1.82, 2.24) is 0 Å². The summed E-state index contributed by atoms with van der Waals surface area (Å²) in [6.45, 7) is 1.70. The second-order valence-corrected chi connectivity index (χ2v) is 6.92. The number of hydrogen-bond acceptors (Lipinski definition) is 1. The van der Waals surface area contributed by atoms with Crippen molar-refractivity contribution >= 4 is 0 Å². The van der Waals surface area contributed by atoms with Gasteiger partial charge in [0.05, 0.1) is 6.61 Å². The summed E-state index contributed by atoms with van der Waals surface area (Å²) < 4.78 is 5.90. The smallest absolute Gasteiger partial charge is 0.0572 e. The normalized spacial score (nSPS) is 25.0. The minimum atomic E-state index is 0.108. The van der Waals surface area contributed by atoms with Crippen molar-refractivity contribution in [2.45, 2.75) is 18.3 Å². The number of allylic oxidation sites excluding steroid dienone is 4. The quantitative estimate of drug-likeness (QED) is 0.669. The number of rotatable bonds is 2. The van der Waals surface area contributed by atoms with Gasteiger partial charge < -0.3 is 4.74 Å². The first-order valence-corrected chi connectivity index (χ1v) is 8.52. The fourth-order valence-corrected chi connectivity index (χ4v) is 4.66. The molecule has 0 aromatic heterocycles. The van der Waals surface area contributed by atoms with Crippen LogP contribution in [0, 0.1) is 5.92 Å². The van der Waals surface area contributed by atoms with Crippen LogP contribution in [0.2, 0.25) is 0 Å². The molecule has 2 aliphatic carbocycles. The third kappa shape index (κ3) is 1.83. The van der Waals surface area contributed by atoms with E-state index in [-0.39, 0.29) is 5.41 Å². The van der Waals surface area contributed by atoms with Crippen LogP contribution in [0.5, 0.6) is 0 Å². The molecule has 5 rings (SSSR count). The molecule has 1 nitrogen and oxygen atoms in total. The van der Waals surface area contributed by atoms with E-state index in [2.05, 4.69) is 66.8 Å². The number of hydrogen-bond donors (Lipinski definition) is 0. The first kappa shape index (κ1) is 13.3. The van der Waals surface area contributed by atoms with Crippen LogP contribution >= 0.6 is 0 Å². The number of ether oxygens (including phenoxy) is 1. The van der Waals surface area contributed by atoms with Crippen molar-refractivity contribution in [2.24, 2.45) is 5.92 Å². The van der Waals surface area contributed by atoms with Gasteiger partial charge in [-0.05, 0) is 40.7 Å². The van der Waals surface area contributed by atoms with Crippen LogP contribution in [0.15, 0.2) is 66.8 Å². The molecular formula is C22H20O. The molecule has 0 saturated carbocycles. The largest absolute Gasteiger partial charge is 0.380 e. The van der Waals surface area contributed by atoms with E-state index in [1.165, 1.54) is 27.8 Å². The Kier molecular flexibility index (Phi) is 2.86. The van der Waals surface area contributed by atoms with Gasteiger partial charge in [0.1, 0.15) is 0 Å². The predicted octanol–water partition coefficient (Wildman–Crippen LogP) is 4.66. The summed E-state index contributed by atoms with van der Waals surface area (Å²) >= 11 is 0. The molecule has 1 saturated heterocycles. The Morgan fingerprint density at radius 2 is 1.74 bits per heavy atom. The summed E-state index contributed by atoms with van der Waals surface area (Å²) in [7, 11) is 0. The van der Waals surface area contributed by atoms with E-state index < -0.39 is 0 Å². The summed E-state index contributed by atoms with van der Waals surface area (Å²) in [4.78, 5) is 0. The first-order valence-electron chi connectivity index (χ1n) is 8.52. The van der Waals surface area contributed by atoms with Gasteiger partial charge in [-0.15, -0.1) is 0 Å². The summed E-state index contributed by atoms with van der Waals surface area (Å²) in [5.74, 6) is 0.459. The molecule has 1 atom stereocenters. The highest BCUT2D eigenvalue weighted by Crippen LogP contribution is 2.48. The lowest BCUT2D eigenvalue weighted by Gasteiger charge is -2.34. The van der Waals surface area contributed by atoms with Crippen molar-refractivity contribution < 1.29 is 4.74 Å². The lowest BCUT2D eigenvalue weighted by molar-refractivity contribution is 0.170. The van der Waals surface area contributed by atoms with E-state index in [0.29, 0.717) is 5.92 Å². The number of fused-ring (bicyclic) bond motifs is 3. The van der Waals surface area contributed by atoms with Crippen LogP contribution in [0.25, 0.3) is 11.1 Å². The molecule has 1 fully saturated rings. The topological polar surface area (TPSA) is 9.23 Å². The minimum Gasteiger partial charge on any atom is -0.380 e. The van der Waals surface area contributed by atoms with Crippen LogP contribution in [-0.4, -0.2) is 13.2 Å². The van der Waals surface area contributed by atoms with Crippen LogP contribution < -0.4 is 0 Å². The van der Waals surface area contributed by atoms with Crippen LogP contribution in [0.4, 0.5) is 0 Å². The fraction of sp³-hybridized carbons (Fsp3) is 0.273. The highest BCUT2D eigenvalue weighted by molar-refractivity contribution is 5.78. The van der Waals surface area contributed by atoms with Gasteiger partial charge in [0.2, 0.25) is 0 Å². The maximum absolute atomic E-state index is 5.90. The zero-order valence-corrected chi connectivity index (χ0v) is 13.2. The van der Waals surface area contributed by atoms with Gasteiger partial charge in [0.25, 0.3) is 0 Å². The molecule has 3 aliphatic rings. The molecule has 0 bridgehead atoms. The second-order valence-electron chi connectivity index (χ2n) is 6.92. The van der Waals surface area contributed by atoms with E-state index in [0.717, 1.165) is 26.1 Å². The summed E-state index contributed by atoms with van der Waals surface area (Å²) in [6.07, 6.45) is 11.2. The SMILES string of the molecule is C1=CC(C2(c3cccc4c3Cc3ccccc3-4)CCOC2)C=C1. The summed E-state index contributed by atoms with van der Waals surface area (Å²) in [5, 5.41) is 0. The third-order valence-corrected chi connectivity index (χ3v) is 5.83. The Hall–Kier alpha value is -2.12. The maximum Gasteiger partial charge on any atom is 0.0572 e. The van der Waals surface area contributed by atoms with Crippen LogP contribution in [0.3, 0.4) is 0 Å².